The lowest BCUT2D eigenvalue weighted by Gasteiger charge is -2.14. The quantitative estimate of drug-likeness (QED) is 0.895. The second-order valence-corrected chi connectivity index (χ2v) is 4.99. The Kier molecular flexibility index (Phi) is 3.58. The van der Waals surface area contributed by atoms with E-state index >= 15 is 0 Å². The van der Waals surface area contributed by atoms with Crippen molar-refractivity contribution in [3.63, 3.8) is 0 Å². The van der Waals surface area contributed by atoms with Crippen molar-refractivity contribution in [1.82, 2.24) is 0 Å². The fraction of sp³-hybridized carbons (Fsp3) is 0.375. The van der Waals surface area contributed by atoms with Crippen LogP contribution in [0.3, 0.4) is 0 Å². The van der Waals surface area contributed by atoms with E-state index in [9.17, 15) is 0 Å². The maximum atomic E-state index is 5.70. The van der Waals surface area contributed by atoms with Gasteiger partial charge < -0.3 is 10.2 Å². The fourth-order valence-corrected chi connectivity index (χ4v) is 2.36. The molecule has 0 aliphatic heterocycles. The Hall–Kier alpha value is -1.54. The average Bonchev–Trinajstić information content (AvgIpc) is 2.80. The summed E-state index contributed by atoms with van der Waals surface area (Å²) in [4.78, 5) is 0. The van der Waals surface area contributed by atoms with Gasteiger partial charge in [-0.05, 0) is 67.6 Å². The molecule has 0 saturated carbocycles. The largest absolute Gasteiger partial charge is 0.464 e. The zero-order chi connectivity index (χ0) is 13.3. The van der Waals surface area contributed by atoms with Crippen molar-refractivity contribution in [2.75, 3.05) is 0 Å². The first-order valence-corrected chi connectivity index (χ1v) is 6.37. The van der Waals surface area contributed by atoms with Gasteiger partial charge >= 0.3 is 0 Å². The molecule has 0 spiro atoms. The molecule has 1 heterocycles. The van der Waals surface area contributed by atoms with Gasteiger partial charge in [-0.1, -0.05) is 6.07 Å². The lowest BCUT2D eigenvalue weighted by Crippen LogP contribution is -2.00. The first kappa shape index (κ1) is 12.9. The number of furan rings is 1. The summed E-state index contributed by atoms with van der Waals surface area (Å²) in [6.07, 6.45) is 0.847. The number of benzene rings is 1. The number of hydrogen-bond acceptors (Lipinski definition) is 2. The summed E-state index contributed by atoms with van der Waals surface area (Å²) in [5, 5.41) is 0. The maximum absolute atomic E-state index is 5.70. The highest BCUT2D eigenvalue weighted by atomic mass is 16.3. The minimum absolute atomic E-state index is 0.463. The smallest absolute Gasteiger partial charge is 0.117 e. The highest BCUT2D eigenvalue weighted by molar-refractivity contribution is 5.45. The highest BCUT2D eigenvalue weighted by Crippen LogP contribution is 2.24. The molecule has 2 N–H and O–H groups in total. The topological polar surface area (TPSA) is 39.2 Å². The van der Waals surface area contributed by atoms with E-state index in [1.165, 1.54) is 27.8 Å². The molecule has 0 unspecified atom stereocenters. The Morgan fingerprint density at radius 2 is 1.50 bits per heavy atom. The highest BCUT2D eigenvalue weighted by Gasteiger charge is 2.11. The van der Waals surface area contributed by atoms with Crippen molar-refractivity contribution in [2.45, 2.75) is 40.7 Å². The minimum atomic E-state index is 0.463. The van der Waals surface area contributed by atoms with E-state index in [4.69, 9.17) is 10.2 Å². The molecule has 2 aromatic rings. The van der Waals surface area contributed by atoms with Gasteiger partial charge in [-0.2, -0.15) is 0 Å². The molecule has 1 aromatic carbocycles. The first-order chi connectivity index (χ1) is 8.52. The summed E-state index contributed by atoms with van der Waals surface area (Å²) in [7, 11) is 0. The van der Waals surface area contributed by atoms with Crippen LogP contribution in [0, 0.1) is 27.7 Å². The molecule has 2 nitrogen and oxygen atoms in total. The molecule has 2 heteroatoms. The van der Waals surface area contributed by atoms with Crippen LogP contribution in [0.5, 0.6) is 0 Å². The fourth-order valence-electron chi connectivity index (χ4n) is 2.36. The summed E-state index contributed by atoms with van der Waals surface area (Å²) in [6.45, 7) is 9.16. The van der Waals surface area contributed by atoms with Crippen LogP contribution in [0.2, 0.25) is 0 Å². The molecule has 1 aromatic heterocycles. The summed E-state index contributed by atoms with van der Waals surface area (Å²) < 4.78 is 5.70. The molecule has 0 amide bonds. The first-order valence-electron chi connectivity index (χ1n) is 6.37. The third-order valence-electron chi connectivity index (χ3n) is 3.79. The van der Waals surface area contributed by atoms with Crippen LogP contribution in [0.25, 0.3) is 0 Å². The zero-order valence-electron chi connectivity index (χ0n) is 11.6. The minimum Gasteiger partial charge on any atom is -0.464 e. The Labute approximate surface area is 109 Å². The summed E-state index contributed by atoms with van der Waals surface area (Å²) in [5.41, 5.74) is 12.4. The van der Waals surface area contributed by atoms with Crippen LogP contribution in [0.1, 0.15) is 39.3 Å². The maximum Gasteiger partial charge on any atom is 0.117 e. The van der Waals surface area contributed by atoms with Gasteiger partial charge in [0.15, 0.2) is 0 Å². The predicted molar refractivity (Wildman–Crippen MR) is 74.8 cm³/mol. The van der Waals surface area contributed by atoms with Gasteiger partial charge in [0, 0.05) is 6.42 Å². The lowest BCUT2D eigenvalue weighted by molar-refractivity contribution is 0.474. The SMILES string of the molecule is Cc1cc(C)c(C)c(Cc2ccc(CN)o2)c1C. The molecule has 0 radical (unpaired) electrons. The molecule has 0 fully saturated rings. The summed E-state index contributed by atoms with van der Waals surface area (Å²) in [5.74, 6) is 1.84. The molecule has 0 aliphatic carbocycles. The monoisotopic (exact) mass is 243 g/mol. The van der Waals surface area contributed by atoms with Crippen LogP contribution < -0.4 is 5.73 Å². The van der Waals surface area contributed by atoms with Gasteiger partial charge in [-0.25, -0.2) is 0 Å². The Balaban J connectivity index is 2.39. The molecule has 0 atom stereocenters. The Morgan fingerprint density at radius 1 is 0.944 bits per heavy atom. The van der Waals surface area contributed by atoms with Gasteiger partial charge in [0.25, 0.3) is 0 Å². The van der Waals surface area contributed by atoms with Crippen molar-refractivity contribution in [3.05, 3.63) is 57.5 Å². The number of hydrogen-bond donors (Lipinski definition) is 1. The van der Waals surface area contributed by atoms with E-state index in [0.717, 1.165) is 17.9 Å². The van der Waals surface area contributed by atoms with Crippen LogP contribution >= 0.6 is 0 Å². The Bertz CT molecular complexity index is 540. The molecule has 18 heavy (non-hydrogen) atoms. The van der Waals surface area contributed by atoms with Crippen LogP contribution in [0.15, 0.2) is 22.6 Å². The van der Waals surface area contributed by atoms with Crippen LogP contribution in [-0.4, -0.2) is 0 Å². The van der Waals surface area contributed by atoms with E-state index in [-0.39, 0.29) is 0 Å². The van der Waals surface area contributed by atoms with Gasteiger partial charge in [0.05, 0.1) is 6.54 Å². The summed E-state index contributed by atoms with van der Waals surface area (Å²) >= 11 is 0. The summed E-state index contributed by atoms with van der Waals surface area (Å²) in [6, 6.07) is 6.24. The van der Waals surface area contributed by atoms with Crippen molar-refractivity contribution >= 4 is 0 Å². The molecular weight excluding hydrogens is 222 g/mol. The normalized spacial score (nSPS) is 10.9. The number of aryl methyl sites for hydroxylation is 2. The molecule has 0 aliphatic rings. The standard InChI is InChI=1S/C16H21NO/c1-10-7-11(2)13(4)16(12(10)3)8-14-5-6-15(9-17)18-14/h5-7H,8-9,17H2,1-4H3. The predicted octanol–water partition coefficient (Wildman–Crippen LogP) is 3.56. The molecule has 0 saturated heterocycles. The third-order valence-corrected chi connectivity index (χ3v) is 3.79. The second kappa shape index (κ2) is 4.99. The van der Waals surface area contributed by atoms with Crippen LogP contribution in [-0.2, 0) is 13.0 Å². The Morgan fingerprint density at radius 3 is 2.00 bits per heavy atom. The third kappa shape index (κ3) is 2.34. The van der Waals surface area contributed by atoms with Crippen molar-refractivity contribution in [1.29, 1.82) is 0 Å². The van der Waals surface area contributed by atoms with E-state index in [2.05, 4.69) is 33.8 Å². The lowest BCUT2D eigenvalue weighted by atomic mass is 9.92. The zero-order valence-corrected chi connectivity index (χ0v) is 11.6. The average molecular weight is 243 g/mol. The van der Waals surface area contributed by atoms with Crippen molar-refractivity contribution in [2.24, 2.45) is 5.73 Å². The number of rotatable bonds is 3. The van der Waals surface area contributed by atoms with Crippen LogP contribution in [0.4, 0.5) is 0 Å². The molecular formula is C16H21NO. The molecule has 0 bridgehead atoms. The molecule has 2 rings (SSSR count). The van der Waals surface area contributed by atoms with Gasteiger partial charge in [0.2, 0.25) is 0 Å². The number of nitrogens with two attached hydrogens (primary N) is 1. The van der Waals surface area contributed by atoms with Crippen molar-refractivity contribution < 1.29 is 4.42 Å². The van der Waals surface area contributed by atoms with Gasteiger partial charge in [-0.3, -0.25) is 0 Å². The van der Waals surface area contributed by atoms with Gasteiger partial charge in [-0.15, -0.1) is 0 Å². The van der Waals surface area contributed by atoms with E-state index < -0.39 is 0 Å². The van der Waals surface area contributed by atoms with Crippen molar-refractivity contribution in [3.8, 4) is 0 Å². The molecule has 96 valence electrons. The van der Waals surface area contributed by atoms with E-state index in [1.54, 1.807) is 0 Å². The van der Waals surface area contributed by atoms with E-state index in [1.807, 2.05) is 12.1 Å². The second-order valence-electron chi connectivity index (χ2n) is 4.99. The van der Waals surface area contributed by atoms with Gasteiger partial charge in [0.1, 0.15) is 11.5 Å². The van der Waals surface area contributed by atoms with E-state index in [0.29, 0.717) is 6.54 Å².